The number of carbonyl (C=O) groups is 3. The number of benzene rings is 1. The summed E-state index contributed by atoms with van der Waals surface area (Å²) in [5.74, 6) is -0.769. The van der Waals surface area contributed by atoms with Crippen LogP contribution in [0.2, 0.25) is 5.02 Å². The van der Waals surface area contributed by atoms with Crippen LogP contribution in [0.3, 0.4) is 0 Å². The van der Waals surface area contributed by atoms with Crippen LogP contribution in [0.25, 0.3) is 0 Å². The minimum atomic E-state index is -0.809. The Morgan fingerprint density at radius 2 is 1.89 bits per heavy atom. The number of nitrogens with one attached hydrogen (secondary N) is 2. The predicted octanol–water partition coefficient (Wildman–Crippen LogP) is 0.243. The maximum atomic E-state index is 12.8. The zero-order chi connectivity index (χ0) is 20.1. The molecule has 0 saturated carbocycles. The molecular formula is C19H26ClN5O3. The monoisotopic (exact) mass is 407 g/mol. The van der Waals surface area contributed by atoms with Crippen molar-refractivity contribution in [3.8, 4) is 0 Å². The number of nitrogens with zero attached hydrogens (tertiary/aromatic N) is 3. The largest absolute Gasteiger partial charge is 0.353 e. The van der Waals surface area contributed by atoms with Gasteiger partial charge in [-0.2, -0.15) is 0 Å². The summed E-state index contributed by atoms with van der Waals surface area (Å²) in [6.07, 6.45) is -0.106. The molecule has 3 amide bonds. The normalized spacial score (nSPS) is 21.3. The number of likely N-dealkylation sites (N-methyl/N-ethyl adjacent to an activating group) is 1. The molecule has 2 aliphatic rings. The molecule has 2 N–H and O–H groups in total. The Morgan fingerprint density at radius 1 is 1.18 bits per heavy atom. The Kier molecular flexibility index (Phi) is 6.88. The highest BCUT2D eigenvalue weighted by Gasteiger charge is 2.35. The molecule has 9 heteroatoms. The summed E-state index contributed by atoms with van der Waals surface area (Å²) >= 11 is 6.07. The summed E-state index contributed by atoms with van der Waals surface area (Å²) in [5.41, 5.74) is 0.487. The molecule has 2 aliphatic heterocycles. The lowest BCUT2D eigenvalue weighted by Gasteiger charge is -2.37. The molecule has 2 saturated heterocycles. The van der Waals surface area contributed by atoms with Gasteiger partial charge in [-0.25, -0.2) is 0 Å². The molecule has 8 nitrogen and oxygen atoms in total. The zero-order valence-corrected chi connectivity index (χ0v) is 16.7. The van der Waals surface area contributed by atoms with Gasteiger partial charge in [0.15, 0.2) is 0 Å². The molecule has 1 aromatic rings. The van der Waals surface area contributed by atoms with Gasteiger partial charge >= 0.3 is 0 Å². The molecule has 152 valence electrons. The van der Waals surface area contributed by atoms with Crippen LogP contribution in [0, 0.1) is 0 Å². The molecule has 0 radical (unpaired) electrons. The molecule has 0 aliphatic carbocycles. The van der Waals surface area contributed by atoms with Crippen molar-refractivity contribution in [1.82, 2.24) is 20.0 Å². The van der Waals surface area contributed by atoms with E-state index in [4.69, 9.17) is 11.6 Å². The van der Waals surface area contributed by atoms with Crippen LogP contribution in [-0.4, -0.2) is 91.3 Å². The van der Waals surface area contributed by atoms with Crippen LogP contribution in [0.5, 0.6) is 0 Å². The molecule has 0 bridgehead atoms. The van der Waals surface area contributed by atoms with Crippen molar-refractivity contribution in [2.75, 3.05) is 58.2 Å². The summed E-state index contributed by atoms with van der Waals surface area (Å²) in [5, 5.41) is 5.89. The van der Waals surface area contributed by atoms with Gasteiger partial charge < -0.3 is 20.4 Å². The van der Waals surface area contributed by atoms with Crippen LogP contribution < -0.4 is 10.6 Å². The van der Waals surface area contributed by atoms with Crippen LogP contribution in [0.15, 0.2) is 24.3 Å². The molecule has 1 atom stereocenters. The van der Waals surface area contributed by atoms with Crippen molar-refractivity contribution in [1.29, 1.82) is 0 Å². The number of halogens is 1. The third-order valence-corrected chi connectivity index (χ3v) is 5.46. The molecule has 0 aromatic heterocycles. The maximum absolute atomic E-state index is 12.8. The SMILES string of the molecule is CN1CCN(CC(=O)N2CCNC(=O)[C@H]2CC(=O)Nc2ccccc2Cl)CC1. The van der Waals surface area contributed by atoms with Crippen molar-refractivity contribution < 1.29 is 14.4 Å². The van der Waals surface area contributed by atoms with Crippen LogP contribution in [0.1, 0.15) is 6.42 Å². The Bertz CT molecular complexity index is 736. The highest BCUT2D eigenvalue weighted by molar-refractivity contribution is 6.33. The topological polar surface area (TPSA) is 85.0 Å². The summed E-state index contributed by atoms with van der Waals surface area (Å²) in [7, 11) is 2.06. The van der Waals surface area contributed by atoms with Crippen molar-refractivity contribution in [2.45, 2.75) is 12.5 Å². The fourth-order valence-electron chi connectivity index (χ4n) is 3.44. The average molecular weight is 408 g/mol. The van der Waals surface area contributed by atoms with E-state index in [0.29, 0.717) is 23.8 Å². The summed E-state index contributed by atoms with van der Waals surface area (Å²) in [4.78, 5) is 43.5. The fraction of sp³-hybridized carbons (Fsp3) is 0.526. The van der Waals surface area contributed by atoms with Gasteiger partial charge in [0.1, 0.15) is 6.04 Å². The number of amides is 3. The van der Waals surface area contributed by atoms with Gasteiger partial charge in [0, 0.05) is 39.3 Å². The smallest absolute Gasteiger partial charge is 0.243 e. The first-order valence-corrected chi connectivity index (χ1v) is 9.84. The first kappa shape index (κ1) is 20.6. The summed E-state index contributed by atoms with van der Waals surface area (Å²) in [6, 6.07) is 6.09. The highest BCUT2D eigenvalue weighted by Crippen LogP contribution is 2.21. The Hall–Kier alpha value is -2.16. The Labute approximate surface area is 169 Å². The van der Waals surface area contributed by atoms with Crippen molar-refractivity contribution in [2.24, 2.45) is 0 Å². The van der Waals surface area contributed by atoms with E-state index in [9.17, 15) is 14.4 Å². The first-order chi connectivity index (χ1) is 13.4. The second-order valence-electron chi connectivity index (χ2n) is 7.21. The molecule has 2 fully saturated rings. The van der Waals surface area contributed by atoms with Crippen molar-refractivity contribution >= 4 is 35.0 Å². The third-order valence-electron chi connectivity index (χ3n) is 5.13. The molecule has 3 rings (SSSR count). The first-order valence-electron chi connectivity index (χ1n) is 9.46. The van der Waals surface area contributed by atoms with Gasteiger partial charge in [-0.3, -0.25) is 19.3 Å². The number of hydrogen-bond donors (Lipinski definition) is 2. The van der Waals surface area contributed by atoms with Gasteiger partial charge in [-0.15, -0.1) is 0 Å². The van der Waals surface area contributed by atoms with Crippen LogP contribution >= 0.6 is 11.6 Å². The van der Waals surface area contributed by atoms with Crippen LogP contribution in [0.4, 0.5) is 5.69 Å². The van der Waals surface area contributed by atoms with Gasteiger partial charge in [0.2, 0.25) is 17.7 Å². The lowest BCUT2D eigenvalue weighted by molar-refractivity contribution is -0.145. The van der Waals surface area contributed by atoms with E-state index in [1.807, 2.05) is 0 Å². The quantitative estimate of drug-likeness (QED) is 0.730. The second kappa shape index (κ2) is 9.36. The van der Waals surface area contributed by atoms with E-state index in [0.717, 1.165) is 26.2 Å². The molecule has 2 heterocycles. The summed E-state index contributed by atoms with van der Waals surface area (Å²) in [6.45, 7) is 4.54. The minimum absolute atomic E-state index is 0.106. The van der Waals surface area contributed by atoms with E-state index >= 15 is 0 Å². The van der Waals surface area contributed by atoms with E-state index in [1.54, 1.807) is 24.3 Å². The number of hydrogen-bond acceptors (Lipinski definition) is 5. The zero-order valence-electron chi connectivity index (χ0n) is 16.0. The van der Waals surface area contributed by atoms with Gasteiger partial charge in [-0.1, -0.05) is 23.7 Å². The number of anilines is 1. The minimum Gasteiger partial charge on any atom is -0.353 e. The number of para-hydroxylation sites is 1. The van der Waals surface area contributed by atoms with Crippen molar-refractivity contribution in [3.05, 3.63) is 29.3 Å². The Morgan fingerprint density at radius 3 is 2.61 bits per heavy atom. The van der Waals surface area contributed by atoms with Crippen LogP contribution in [-0.2, 0) is 14.4 Å². The number of piperazine rings is 2. The lowest BCUT2D eigenvalue weighted by Crippen LogP contribution is -2.60. The van der Waals surface area contributed by atoms with Crippen molar-refractivity contribution in [3.63, 3.8) is 0 Å². The maximum Gasteiger partial charge on any atom is 0.243 e. The van der Waals surface area contributed by atoms with E-state index < -0.39 is 6.04 Å². The number of carbonyl (C=O) groups excluding carboxylic acids is 3. The fourth-order valence-corrected chi connectivity index (χ4v) is 3.63. The lowest BCUT2D eigenvalue weighted by atomic mass is 10.1. The van der Waals surface area contributed by atoms with Gasteiger partial charge in [-0.05, 0) is 19.2 Å². The average Bonchev–Trinajstić information content (AvgIpc) is 2.67. The van der Waals surface area contributed by atoms with E-state index in [1.165, 1.54) is 4.90 Å². The predicted molar refractivity (Wildman–Crippen MR) is 107 cm³/mol. The highest BCUT2D eigenvalue weighted by atomic mass is 35.5. The van der Waals surface area contributed by atoms with E-state index in [2.05, 4.69) is 27.5 Å². The molecular weight excluding hydrogens is 382 g/mol. The Balaban J connectivity index is 1.61. The molecule has 0 unspecified atom stereocenters. The summed E-state index contributed by atoms with van der Waals surface area (Å²) < 4.78 is 0. The second-order valence-corrected chi connectivity index (χ2v) is 7.61. The molecule has 28 heavy (non-hydrogen) atoms. The standard InChI is InChI=1S/C19H26ClN5O3/c1-23-8-10-24(11-9-23)13-18(27)25-7-6-21-19(28)16(25)12-17(26)22-15-5-3-2-4-14(15)20/h2-5,16H,6-13H2,1H3,(H,21,28)(H,22,26)/t16-/m1/s1. The molecule has 1 aromatic carbocycles. The van der Waals surface area contributed by atoms with E-state index in [-0.39, 0.29) is 30.7 Å². The van der Waals surface area contributed by atoms with Gasteiger partial charge in [0.25, 0.3) is 0 Å². The third kappa shape index (κ3) is 5.21. The molecule has 0 spiro atoms. The van der Waals surface area contributed by atoms with Gasteiger partial charge in [0.05, 0.1) is 23.7 Å². The number of rotatable bonds is 5.